The van der Waals surface area contributed by atoms with Crippen molar-refractivity contribution in [3.05, 3.63) is 35.6 Å². The second kappa shape index (κ2) is 5.38. The van der Waals surface area contributed by atoms with E-state index in [-0.39, 0.29) is 18.3 Å². The van der Waals surface area contributed by atoms with Crippen molar-refractivity contribution in [3.63, 3.8) is 0 Å². The summed E-state index contributed by atoms with van der Waals surface area (Å²) in [4.78, 5) is 23.3. The molecule has 0 radical (unpaired) electrons. The minimum atomic E-state index is -0.623. The van der Waals surface area contributed by atoms with Gasteiger partial charge >= 0.3 is 5.97 Å². The number of esters is 1. The van der Waals surface area contributed by atoms with Crippen molar-refractivity contribution < 1.29 is 18.7 Å². The van der Waals surface area contributed by atoms with Crippen LogP contribution in [0.5, 0.6) is 0 Å². The third-order valence-corrected chi connectivity index (χ3v) is 3.66. The van der Waals surface area contributed by atoms with E-state index in [0.717, 1.165) is 12.0 Å². The molecule has 102 valence electrons. The molecule has 0 aromatic heterocycles. The number of hydrogen-bond acceptors (Lipinski definition) is 3. The maximum absolute atomic E-state index is 12.9. The molecular formula is C14H16FNO3. The third kappa shape index (κ3) is 2.59. The van der Waals surface area contributed by atoms with E-state index in [1.165, 1.54) is 19.2 Å². The molecule has 1 aromatic rings. The first-order chi connectivity index (χ1) is 9.08. The zero-order valence-corrected chi connectivity index (χ0v) is 10.7. The Morgan fingerprint density at radius 1 is 1.32 bits per heavy atom. The van der Waals surface area contributed by atoms with Gasteiger partial charge in [0.25, 0.3) is 0 Å². The smallest absolute Gasteiger partial charge is 0.325 e. The first-order valence-corrected chi connectivity index (χ1v) is 6.20. The lowest BCUT2D eigenvalue weighted by Gasteiger charge is -2.40. The predicted octanol–water partition coefficient (Wildman–Crippen LogP) is 1.54. The SMILES string of the molecule is COC(=O)CNC(=O)C1(c2ccc(F)cc2)CCC1. The Kier molecular flexibility index (Phi) is 3.83. The molecule has 1 saturated carbocycles. The molecule has 1 amide bonds. The van der Waals surface area contributed by atoms with Crippen molar-refractivity contribution in [1.29, 1.82) is 0 Å². The number of nitrogens with one attached hydrogen (secondary N) is 1. The fourth-order valence-corrected chi connectivity index (χ4v) is 2.34. The molecule has 0 unspecified atom stereocenters. The van der Waals surface area contributed by atoms with Gasteiger partial charge < -0.3 is 10.1 Å². The topological polar surface area (TPSA) is 55.4 Å². The van der Waals surface area contributed by atoms with Gasteiger partial charge in [0.2, 0.25) is 5.91 Å². The van der Waals surface area contributed by atoms with Crippen molar-refractivity contribution in [3.8, 4) is 0 Å². The maximum atomic E-state index is 12.9. The van der Waals surface area contributed by atoms with Crippen LogP contribution in [0.3, 0.4) is 0 Å². The summed E-state index contributed by atoms with van der Waals surface area (Å²) >= 11 is 0. The number of halogens is 1. The van der Waals surface area contributed by atoms with Crippen molar-refractivity contribution in [2.45, 2.75) is 24.7 Å². The monoisotopic (exact) mass is 265 g/mol. The number of ether oxygens (including phenoxy) is 1. The van der Waals surface area contributed by atoms with E-state index in [1.807, 2.05) is 0 Å². The minimum Gasteiger partial charge on any atom is -0.468 e. The summed E-state index contributed by atoms with van der Waals surface area (Å²) < 4.78 is 17.4. The van der Waals surface area contributed by atoms with Crippen LogP contribution >= 0.6 is 0 Å². The number of carbonyl (C=O) groups is 2. The Hall–Kier alpha value is -1.91. The fourth-order valence-electron chi connectivity index (χ4n) is 2.34. The molecule has 0 saturated heterocycles. The molecule has 19 heavy (non-hydrogen) atoms. The number of methoxy groups -OCH3 is 1. The van der Waals surface area contributed by atoms with E-state index >= 15 is 0 Å². The molecule has 1 N–H and O–H groups in total. The van der Waals surface area contributed by atoms with Crippen LogP contribution < -0.4 is 5.32 Å². The Bertz CT molecular complexity index is 480. The molecule has 5 heteroatoms. The summed E-state index contributed by atoms with van der Waals surface area (Å²) in [5, 5.41) is 2.58. The lowest BCUT2D eigenvalue weighted by molar-refractivity contribution is -0.142. The Labute approximate surface area is 110 Å². The van der Waals surface area contributed by atoms with Gasteiger partial charge in [0.1, 0.15) is 12.4 Å². The number of amides is 1. The number of carbonyl (C=O) groups excluding carboxylic acids is 2. The van der Waals surface area contributed by atoms with E-state index in [0.29, 0.717) is 12.8 Å². The third-order valence-electron chi connectivity index (χ3n) is 3.66. The Morgan fingerprint density at radius 3 is 2.42 bits per heavy atom. The molecule has 1 fully saturated rings. The average Bonchev–Trinajstić information content (AvgIpc) is 2.36. The molecule has 4 nitrogen and oxygen atoms in total. The maximum Gasteiger partial charge on any atom is 0.325 e. The van der Waals surface area contributed by atoms with Crippen molar-refractivity contribution in [2.24, 2.45) is 0 Å². The fraction of sp³-hybridized carbons (Fsp3) is 0.429. The quantitative estimate of drug-likeness (QED) is 0.840. The van der Waals surface area contributed by atoms with Gasteiger partial charge in [-0.3, -0.25) is 9.59 Å². The van der Waals surface area contributed by atoms with Crippen molar-refractivity contribution >= 4 is 11.9 Å². The summed E-state index contributed by atoms with van der Waals surface area (Å²) in [6.07, 6.45) is 2.38. The van der Waals surface area contributed by atoms with Crippen LogP contribution in [-0.2, 0) is 19.7 Å². The zero-order chi connectivity index (χ0) is 13.9. The number of benzene rings is 1. The van der Waals surface area contributed by atoms with Crippen molar-refractivity contribution in [1.82, 2.24) is 5.32 Å². The molecule has 0 aliphatic heterocycles. The van der Waals surface area contributed by atoms with E-state index in [2.05, 4.69) is 10.1 Å². The Balaban J connectivity index is 2.11. The van der Waals surface area contributed by atoms with Crippen LogP contribution in [0.1, 0.15) is 24.8 Å². The molecule has 0 bridgehead atoms. The van der Waals surface area contributed by atoms with Crippen molar-refractivity contribution in [2.75, 3.05) is 13.7 Å². The van der Waals surface area contributed by atoms with Crippen LogP contribution in [0, 0.1) is 5.82 Å². The van der Waals surface area contributed by atoms with Gasteiger partial charge in [0.05, 0.1) is 12.5 Å². The van der Waals surface area contributed by atoms with Crippen LogP contribution in [0.15, 0.2) is 24.3 Å². The van der Waals surface area contributed by atoms with Gasteiger partial charge in [-0.15, -0.1) is 0 Å². The largest absolute Gasteiger partial charge is 0.468 e. The lowest BCUT2D eigenvalue weighted by atomic mass is 9.64. The average molecular weight is 265 g/mol. The Morgan fingerprint density at radius 2 is 1.95 bits per heavy atom. The minimum absolute atomic E-state index is 0.141. The van der Waals surface area contributed by atoms with Gasteiger partial charge in [-0.05, 0) is 30.5 Å². The predicted molar refractivity (Wildman–Crippen MR) is 67.0 cm³/mol. The second-order valence-corrected chi connectivity index (χ2v) is 4.70. The summed E-state index contributed by atoms with van der Waals surface area (Å²) in [7, 11) is 1.27. The lowest BCUT2D eigenvalue weighted by Crippen LogP contribution is -2.50. The van der Waals surface area contributed by atoms with E-state index in [1.54, 1.807) is 12.1 Å². The molecule has 1 aliphatic carbocycles. The summed E-state index contributed by atoms with van der Waals surface area (Å²) in [6, 6.07) is 5.96. The highest BCUT2D eigenvalue weighted by atomic mass is 19.1. The molecule has 2 rings (SSSR count). The highest BCUT2D eigenvalue weighted by molar-refractivity contribution is 5.91. The molecular weight excluding hydrogens is 249 g/mol. The number of hydrogen-bond donors (Lipinski definition) is 1. The zero-order valence-electron chi connectivity index (χ0n) is 10.7. The van der Waals surface area contributed by atoms with Gasteiger partial charge in [-0.1, -0.05) is 18.6 Å². The number of rotatable bonds is 4. The van der Waals surface area contributed by atoms with Crippen LogP contribution in [0.25, 0.3) is 0 Å². The summed E-state index contributed by atoms with van der Waals surface area (Å²) in [6.45, 7) is -0.141. The standard InChI is InChI=1S/C14H16FNO3/c1-19-12(17)9-16-13(18)14(7-2-8-14)10-3-5-11(15)6-4-10/h3-6H,2,7-9H2,1H3,(H,16,18). The highest BCUT2D eigenvalue weighted by Gasteiger charge is 2.45. The summed E-state index contributed by atoms with van der Waals surface area (Å²) in [5.74, 6) is -1.01. The van der Waals surface area contributed by atoms with Gasteiger partial charge in [0, 0.05) is 0 Å². The van der Waals surface area contributed by atoms with Crippen LogP contribution in [0.4, 0.5) is 4.39 Å². The van der Waals surface area contributed by atoms with Crippen LogP contribution in [0.2, 0.25) is 0 Å². The van der Waals surface area contributed by atoms with Gasteiger partial charge in [-0.25, -0.2) is 4.39 Å². The first-order valence-electron chi connectivity index (χ1n) is 6.20. The van der Waals surface area contributed by atoms with Crippen LogP contribution in [-0.4, -0.2) is 25.5 Å². The summed E-state index contributed by atoms with van der Waals surface area (Å²) in [5.41, 5.74) is 0.171. The molecule has 0 atom stereocenters. The molecule has 0 spiro atoms. The second-order valence-electron chi connectivity index (χ2n) is 4.70. The molecule has 0 heterocycles. The van der Waals surface area contributed by atoms with E-state index in [4.69, 9.17) is 0 Å². The van der Waals surface area contributed by atoms with Gasteiger partial charge in [0.15, 0.2) is 0 Å². The first kappa shape index (κ1) is 13.5. The van der Waals surface area contributed by atoms with E-state index < -0.39 is 11.4 Å². The molecule has 1 aliphatic rings. The normalized spacial score (nSPS) is 16.3. The van der Waals surface area contributed by atoms with E-state index in [9.17, 15) is 14.0 Å². The highest BCUT2D eigenvalue weighted by Crippen LogP contribution is 2.43. The van der Waals surface area contributed by atoms with Gasteiger partial charge in [-0.2, -0.15) is 0 Å². The molecule has 1 aromatic carbocycles.